The molecule has 1 amide bonds. The molecule has 1 fully saturated rings. The number of aromatic hydroxyl groups is 1. The van der Waals surface area contributed by atoms with Crippen molar-refractivity contribution < 1.29 is 24.5 Å². The third-order valence-corrected chi connectivity index (χ3v) is 3.47. The van der Waals surface area contributed by atoms with Crippen molar-refractivity contribution in [1.82, 2.24) is 5.32 Å². The van der Waals surface area contributed by atoms with Gasteiger partial charge in [-0.15, -0.1) is 0 Å². The van der Waals surface area contributed by atoms with Gasteiger partial charge < -0.3 is 20.3 Å². The molecule has 6 nitrogen and oxygen atoms in total. The Bertz CT molecular complexity index is 508. The van der Waals surface area contributed by atoms with E-state index in [-0.39, 0.29) is 18.1 Å². The molecule has 0 atom stereocenters. The number of phenolic OH excluding ortho intramolecular Hbond substituents is 1. The van der Waals surface area contributed by atoms with Gasteiger partial charge in [-0.05, 0) is 25.0 Å². The highest BCUT2D eigenvalue weighted by molar-refractivity contribution is 5.87. The second-order valence-electron chi connectivity index (χ2n) is 4.90. The van der Waals surface area contributed by atoms with Crippen molar-refractivity contribution in [2.45, 2.75) is 31.2 Å². The normalized spacial score (nSPS) is 16.6. The first-order valence-corrected chi connectivity index (χ1v) is 6.49. The van der Waals surface area contributed by atoms with Crippen molar-refractivity contribution >= 4 is 11.9 Å². The Morgan fingerprint density at radius 3 is 2.50 bits per heavy atom. The number of hydrogen-bond acceptors (Lipinski definition) is 4. The van der Waals surface area contributed by atoms with E-state index in [0.717, 1.165) is 12.8 Å². The summed E-state index contributed by atoms with van der Waals surface area (Å²) >= 11 is 0. The predicted molar refractivity (Wildman–Crippen MR) is 70.6 cm³/mol. The monoisotopic (exact) mass is 279 g/mol. The van der Waals surface area contributed by atoms with Gasteiger partial charge in [0, 0.05) is 0 Å². The average molecular weight is 279 g/mol. The molecule has 1 aromatic carbocycles. The van der Waals surface area contributed by atoms with Crippen LogP contribution in [0.2, 0.25) is 0 Å². The molecule has 0 saturated heterocycles. The highest BCUT2D eigenvalue weighted by Crippen LogP contribution is 2.30. The molecule has 0 radical (unpaired) electrons. The van der Waals surface area contributed by atoms with Gasteiger partial charge in [0.05, 0.1) is 0 Å². The van der Waals surface area contributed by atoms with Crippen LogP contribution in [0.1, 0.15) is 25.7 Å². The summed E-state index contributed by atoms with van der Waals surface area (Å²) in [6.07, 6.45) is 2.44. The zero-order chi connectivity index (χ0) is 14.6. The van der Waals surface area contributed by atoms with Crippen molar-refractivity contribution in [1.29, 1.82) is 0 Å². The van der Waals surface area contributed by atoms with Gasteiger partial charge in [0.25, 0.3) is 5.91 Å². The van der Waals surface area contributed by atoms with Crippen LogP contribution >= 0.6 is 0 Å². The van der Waals surface area contributed by atoms with Crippen molar-refractivity contribution in [3.8, 4) is 11.5 Å². The van der Waals surface area contributed by atoms with Crippen molar-refractivity contribution in [3.05, 3.63) is 24.3 Å². The molecule has 1 aliphatic carbocycles. The molecule has 0 aliphatic heterocycles. The first-order chi connectivity index (χ1) is 9.53. The van der Waals surface area contributed by atoms with Gasteiger partial charge in [-0.2, -0.15) is 0 Å². The number of nitrogens with one attached hydrogen (secondary N) is 1. The number of para-hydroxylation sites is 2. The van der Waals surface area contributed by atoms with Gasteiger partial charge in [-0.1, -0.05) is 25.0 Å². The van der Waals surface area contributed by atoms with Crippen LogP contribution in [0.15, 0.2) is 24.3 Å². The molecule has 1 saturated carbocycles. The molecule has 3 N–H and O–H groups in total. The summed E-state index contributed by atoms with van der Waals surface area (Å²) in [5, 5.41) is 21.3. The summed E-state index contributed by atoms with van der Waals surface area (Å²) in [5.41, 5.74) is -1.17. The number of rotatable bonds is 5. The van der Waals surface area contributed by atoms with E-state index in [2.05, 4.69) is 5.32 Å². The molecule has 0 heterocycles. The molecule has 1 aromatic rings. The van der Waals surface area contributed by atoms with Crippen LogP contribution in [0.3, 0.4) is 0 Å². The SMILES string of the molecule is O=C(COc1ccccc1O)NC1(C(=O)O)CCCC1. The lowest BCUT2D eigenvalue weighted by Crippen LogP contribution is -2.53. The highest BCUT2D eigenvalue weighted by Gasteiger charge is 2.42. The third-order valence-electron chi connectivity index (χ3n) is 3.47. The van der Waals surface area contributed by atoms with E-state index < -0.39 is 17.4 Å². The summed E-state index contributed by atoms with van der Waals surface area (Å²) in [4.78, 5) is 23.1. The number of benzene rings is 1. The first kappa shape index (κ1) is 14.2. The van der Waals surface area contributed by atoms with Gasteiger partial charge in [0.1, 0.15) is 5.54 Å². The van der Waals surface area contributed by atoms with Gasteiger partial charge in [0.2, 0.25) is 0 Å². The van der Waals surface area contributed by atoms with Crippen LogP contribution in [0.5, 0.6) is 11.5 Å². The number of hydrogen-bond donors (Lipinski definition) is 3. The van der Waals surface area contributed by atoms with E-state index >= 15 is 0 Å². The van der Waals surface area contributed by atoms with Crippen LogP contribution in [0, 0.1) is 0 Å². The molecule has 0 unspecified atom stereocenters. The van der Waals surface area contributed by atoms with E-state index in [4.69, 9.17) is 4.74 Å². The minimum absolute atomic E-state index is 0.0610. The van der Waals surface area contributed by atoms with Crippen molar-refractivity contribution in [3.63, 3.8) is 0 Å². The van der Waals surface area contributed by atoms with E-state index in [1.54, 1.807) is 12.1 Å². The summed E-state index contributed by atoms with van der Waals surface area (Å²) in [6, 6.07) is 6.29. The Kier molecular flexibility index (Phi) is 4.12. The molecular formula is C14H17NO5. The van der Waals surface area contributed by atoms with Crippen LogP contribution in [0.25, 0.3) is 0 Å². The van der Waals surface area contributed by atoms with Crippen LogP contribution < -0.4 is 10.1 Å². The van der Waals surface area contributed by atoms with Gasteiger partial charge >= 0.3 is 5.97 Å². The molecular weight excluding hydrogens is 262 g/mol. The fourth-order valence-corrected chi connectivity index (χ4v) is 2.40. The Hall–Kier alpha value is -2.24. The van der Waals surface area contributed by atoms with Gasteiger partial charge in [-0.25, -0.2) is 4.79 Å². The highest BCUT2D eigenvalue weighted by atomic mass is 16.5. The summed E-state index contributed by atoms with van der Waals surface area (Å²) in [6.45, 7) is -0.327. The lowest BCUT2D eigenvalue weighted by atomic mass is 9.98. The average Bonchev–Trinajstić information content (AvgIpc) is 2.88. The van der Waals surface area contributed by atoms with Gasteiger partial charge in [0.15, 0.2) is 18.1 Å². The Labute approximate surface area is 116 Å². The van der Waals surface area contributed by atoms with E-state index in [9.17, 15) is 19.8 Å². The molecule has 20 heavy (non-hydrogen) atoms. The fourth-order valence-electron chi connectivity index (χ4n) is 2.40. The zero-order valence-electron chi connectivity index (χ0n) is 11.0. The quantitative estimate of drug-likeness (QED) is 0.754. The summed E-state index contributed by atoms with van der Waals surface area (Å²) in [5.74, 6) is -1.38. The Morgan fingerprint density at radius 2 is 1.90 bits per heavy atom. The summed E-state index contributed by atoms with van der Waals surface area (Å²) in [7, 11) is 0. The molecule has 0 aromatic heterocycles. The number of carbonyl (C=O) groups excluding carboxylic acids is 1. The topological polar surface area (TPSA) is 95.9 Å². The smallest absolute Gasteiger partial charge is 0.329 e. The van der Waals surface area contributed by atoms with Crippen LogP contribution in [0.4, 0.5) is 0 Å². The third kappa shape index (κ3) is 3.01. The number of aliphatic carboxylic acids is 1. The lowest BCUT2D eigenvalue weighted by molar-refractivity contribution is -0.147. The zero-order valence-corrected chi connectivity index (χ0v) is 11.0. The summed E-state index contributed by atoms with van der Waals surface area (Å²) < 4.78 is 5.18. The molecule has 1 aliphatic rings. The maximum absolute atomic E-state index is 11.8. The van der Waals surface area contributed by atoms with Crippen molar-refractivity contribution in [2.75, 3.05) is 6.61 Å². The molecule has 2 rings (SSSR count). The maximum Gasteiger partial charge on any atom is 0.329 e. The number of carboxylic acids is 1. The number of amides is 1. The molecule has 6 heteroatoms. The van der Waals surface area contributed by atoms with E-state index in [0.29, 0.717) is 12.8 Å². The Balaban J connectivity index is 1.92. The number of ether oxygens (including phenoxy) is 1. The minimum Gasteiger partial charge on any atom is -0.504 e. The number of carbonyl (C=O) groups is 2. The number of phenols is 1. The lowest BCUT2D eigenvalue weighted by Gasteiger charge is -2.25. The second-order valence-corrected chi connectivity index (χ2v) is 4.90. The van der Waals surface area contributed by atoms with Crippen LogP contribution in [-0.4, -0.2) is 34.2 Å². The minimum atomic E-state index is -1.17. The van der Waals surface area contributed by atoms with Crippen molar-refractivity contribution in [2.24, 2.45) is 0 Å². The predicted octanol–water partition coefficient (Wildman–Crippen LogP) is 1.28. The first-order valence-electron chi connectivity index (χ1n) is 6.49. The Morgan fingerprint density at radius 1 is 1.25 bits per heavy atom. The van der Waals surface area contributed by atoms with E-state index in [1.165, 1.54) is 12.1 Å². The van der Waals surface area contributed by atoms with Crippen LogP contribution in [-0.2, 0) is 9.59 Å². The van der Waals surface area contributed by atoms with E-state index in [1.807, 2.05) is 0 Å². The molecule has 0 spiro atoms. The standard InChI is InChI=1S/C14H17NO5/c16-10-5-1-2-6-11(10)20-9-12(17)15-14(13(18)19)7-3-4-8-14/h1-2,5-6,16H,3-4,7-9H2,(H,15,17)(H,18,19). The largest absolute Gasteiger partial charge is 0.504 e. The molecule has 108 valence electrons. The second kappa shape index (κ2) is 5.81. The molecule has 0 bridgehead atoms. The maximum atomic E-state index is 11.8. The van der Waals surface area contributed by atoms with Gasteiger partial charge in [-0.3, -0.25) is 4.79 Å². The fraction of sp³-hybridized carbons (Fsp3) is 0.429. The number of carboxylic acid groups (broad SMARTS) is 1.